The van der Waals surface area contributed by atoms with Gasteiger partial charge in [0.25, 0.3) is 0 Å². The van der Waals surface area contributed by atoms with Crippen LogP contribution in [0.25, 0.3) is 0 Å². The van der Waals surface area contributed by atoms with E-state index in [2.05, 4.69) is 5.32 Å². The highest BCUT2D eigenvalue weighted by atomic mass is 16.5. The first-order chi connectivity index (χ1) is 8.09. The molecule has 1 fully saturated rings. The molecule has 0 saturated carbocycles. The first-order valence-corrected chi connectivity index (χ1v) is 5.97. The van der Waals surface area contributed by atoms with E-state index in [1.54, 1.807) is 11.8 Å². The summed E-state index contributed by atoms with van der Waals surface area (Å²) < 4.78 is 5.16. The van der Waals surface area contributed by atoms with Crippen LogP contribution in [0.2, 0.25) is 0 Å². The maximum atomic E-state index is 11.7. The molecule has 0 aromatic rings. The summed E-state index contributed by atoms with van der Waals surface area (Å²) in [5, 5.41) is 2.69. The van der Waals surface area contributed by atoms with E-state index in [1.807, 2.05) is 0 Å². The van der Waals surface area contributed by atoms with Crippen LogP contribution in [-0.2, 0) is 14.3 Å². The average molecular weight is 243 g/mol. The average Bonchev–Trinajstić information content (AvgIpc) is 2.29. The molecule has 17 heavy (non-hydrogen) atoms. The van der Waals surface area contributed by atoms with Crippen molar-refractivity contribution in [1.82, 2.24) is 10.2 Å². The van der Waals surface area contributed by atoms with Crippen molar-refractivity contribution in [1.29, 1.82) is 0 Å². The summed E-state index contributed by atoms with van der Waals surface area (Å²) in [5.74, 6) is -0.0378. The molecule has 1 aliphatic heterocycles. The molecule has 0 bridgehead atoms. The van der Waals surface area contributed by atoms with Crippen molar-refractivity contribution in [2.75, 3.05) is 32.8 Å². The summed E-state index contributed by atoms with van der Waals surface area (Å²) in [6.45, 7) is 4.64. The number of hydrogen-bond donors (Lipinski definition) is 2. The van der Waals surface area contributed by atoms with Gasteiger partial charge in [0.15, 0.2) is 0 Å². The van der Waals surface area contributed by atoms with E-state index in [4.69, 9.17) is 10.5 Å². The van der Waals surface area contributed by atoms with E-state index < -0.39 is 0 Å². The number of nitrogens with two attached hydrogens (primary N) is 1. The number of carbonyl (C=O) groups is 2. The standard InChI is InChI=1S/C11H21N3O3/c1-9(12)8-10(15)13-3-2-11(16)14-4-6-17-7-5-14/h9H,2-8,12H2,1H3,(H,13,15). The molecule has 0 spiro atoms. The van der Waals surface area contributed by atoms with E-state index in [-0.39, 0.29) is 17.9 Å². The molecule has 6 heteroatoms. The smallest absolute Gasteiger partial charge is 0.224 e. The summed E-state index contributed by atoms with van der Waals surface area (Å²) in [5.41, 5.74) is 5.49. The zero-order valence-corrected chi connectivity index (χ0v) is 10.3. The SMILES string of the molecule is CC(N)CC(=O)NCCC(=O)N1CCOCC1. The maximum absolute atomic E-state index is 11.7. The van der Waals surface area contributed by atoms with Crippen LogP contribution in [0.3, 0.4) is 0 Å². The van der Waals surface area contributed by atoms with Crippen LogP contribution in [0.5, 0.6) is 0 Å². The lowest BCUT2D eigenvalue weighted by molar-refractivity contribution is -0.135. The number of carbonyl (C=O) groups excluding carboxylic acids is 2. The van der Waals surface area contributed by atoms with Crippen LogP contribution < -0.4 is 11.1 Å². The van der Waals surface area contributed by atoms with Gasteiger partial charge in [0, 0.05) is 38.5 Å². The van der Waals surface area contributed by atoms with Crippen LogP contribution in [0.1, 0.15) is 19.8 Å². The molecule has 1 heterocycles. The zero-order valence-electron chi connectivity index (χ0n) is 10.3. The van der Waals surface area contributed by atoms with E-state index in [0.29, 0.717) is 45.7 Å². The monoisotopic (exact) mass is 243 g/mol. The lowest BCUT2D eigenvalue weighted by Crippen LogP contribution is -2.42. The molecule has 98 valence electrons. The lowest BCUT2D eigenvalue weighted by atomic mass is 10.2. The highest BCUT2D eigenvalue weighted by molar-refractivity contribution is 5.79. The molecule has 1 atom stereocenters. The molecule has 0 aromatic carbocycles. The van der Waals surface area contributed by atoms with Gasteiger partial charge in [-0.25, -0.2) is 0 Å². The topological polar surface area (TPSA) is 84.7 Å². The largest absolute Gasteiger partial charge is 0.378 e. The minimum atomic E-state index is -0.148. The minimum Gasteiger partial charge on any atom is -0.378 e. The molecule has 2 amide bonds. The minimum absolute atomic E-state index is 0.0643. The van der Waals surface area contributed by atoms with E-state index >= 15 is 0 Å². The Labute approximate surface area is 101 Å². The van der Waals surface area contributed by atoms with Crippen molar-refractivity contribution in [3.63, 3.8) is 0 Å². The van der Waals surface area contributed by atoms with E-state index in [9.17, 15) is 9.59 Å². The molecule has 1 unspecified atom stereocenters. The fraction of sp³-hybridized carbons (Fsp3) is 0.818. The summed E-state index contributed by atoms with van der Waals surface area (Å²) >= 11 is 0. The molecular formula is C11H21N3O3. The van der Waals surface area contributed by atoms with Gasteiger partial charge >= 0.3 is 0 Å². The highest BCUT2D eigenvalue weighted by Crippen LogP contribution is 1.99. The fourth-order valence-electron chi connectivity index (χ4n) is 1.64. The number of hydrogen-bond acceptors (Lipinski definition) is 4. The summed E-state index contributed by atoms with van der Waals surface area (Å²) in [7, 11) is 0. The van der Waals surface area contributed by atoms with Crippen molar-refractivity contribution < 1.29 is 14.3 Å². The molecular weight excluding hydrogens is 222 g/mol. The van der Waals surface area contributed by atoms with Crippen LogP contribution in [0, 0.1) is 0 Å². The Morgan fingerprint density at radius 3 is 2.65 bits per heavy atom. The van der Waals surface area contributed by atoms with Crippen LogP contribution in [0.4, 0.5) is 0 Å². The van der Waals surface area contributed by atoms with Crippen LogP contribution >= 0.6 is 0 Å². The van der Waals surface area contributed by atoms with Gasteiger partial charge in [-0.2, -0.15) is 0 Å². The van der Waals surface area contributed by atoms with Gasteiger partial charge in [-0.05, 0) is 6.92 Å². The van der Waals surface area contributed by atoms with E-state index in [1.165, 1.54) is 0 Å². The van der Waals surface area contributed by atoms with Gasteiger partial charge in [0.05, 0.1) is 13.2 Å². The molecule has 6 nitrogen and oxygen atoms in total. The predicted molar refractivity (Wildman–Crippen MR) is 63.3 cm³/mol. The second-order valence-electron chi connectivity index (χ2n) is 4.27. The lowest BCUT2D eigenvalue weighted by Gasteiger charge is -2.26. The number of amides is 2. The van der Waals surface area contributed by atoms with Crippen molar-refractivity contribution >= 4 is 11.8 Å². The van der Waals surface area contributed by atoms with Crippen molar-refractivity contribution in [2.24, 2.45) is 5.73 Å². The van der Waals surface area contributed by atoms with Gasteiger partial charge in [-0.15, -0.1) is 0 Å². The second kappa shape index (κ2) is 7.24. The van der Waals surface area contributed by atoms with Crippen LogP contribution in [-0.4, -0.2) is 55.6 Å². The Morgan fingerprint density at radius 2 is 2.06 bits per heavy atom. The summed E-state index contributed by atoms with van der Waals surface area (Å²) in [6, 6.07) is -0.148. The van der Waals surface area contributed by atoms with Gasteiger partial charge < -0.3 is 20.7 Å². The summed E-state index contributed by atoms with van der Waals surface area (Å²) in [4.78, 5) is 24.7. The second-order valence-corrected chi connectivity index (χ2v) is 4.27. The number of nitrogens with zero attached hydrogens (tertiary/aromatic N) is 1. The van der Waals surface area contributed by atoms with Crippen molar-refractivity contribution in [3.05, 3.63) is 0 Å². The fourth-order valence-corrected chi connectivity index (χ4v) is 1.64. The Bertz CT molecular complexity index is 263. The third-order valence-corrected chi connectivity index (χ3v) is 2.53. The zero-order chi connectivity index (χ0) is 12.7. The van der Waals surface area contributed by atoms with Crippen LogP contribution in [0.15, 0.2) is 0 Å². The Hall–Kier alpha value is -1.14. The van der Waals surface area contributed by atoms with Crippen molar-refractivity contribution in [3.8, 4) is 0 Å². The first-order valence-electron chi connectivity index (χ1n) is 5.97. The Kier molecular flexibility index (Phi) is 5.93. The van der Waals surface area contributed by atoms with Crippen molar-refractivity contribution in [2.45, 2.75) is 25.8 Å². The predicted octanol–water partition coefficient (Wildman–Crippen LogP) is -0.911. The first kappa shape index (κ1) is 13.9. The van der Waals surface area contributed by atoms with E-state index in [0.717, 1.165) is 0 Å². The maximum Gasteiger partial charge on any atom is 0.224 e. The quantitative estimate of drug-likeness (QED) is 0.654. The Morgan fingerprint density at radius 1 is 1.41 bits per heavy atom. The molecule has 0 aromatic heterocycles. The Balaban J connectivity index is 2.13. The van der Waals surface area contributed by atoms with Gasteiger partial charge in [0.1, 0.15) is 0 Å². The molecule has 1 rings (SSSR count). The molecule has 1 saturated heterocycles. The normalized spacial score (nSPS) is 17.6. The highest BCUT2D eigenvalue weighted by Gasteiger charge is 2.16. The number of morpholine rings is 1. The molecule has 0 aliphatic carbocycles. The number of ether oxygens (including phenoxy) is 1. The number of nitrogens with one attached hydrogen (secondary N) is 1. The third kappa shape index (κ3) is 5.65. The third-order valence-electron chi connectivity index (χ3n) is 2.53. The molecule has 3 N–H and O–H groups in total. The van der Waals surface area contributed by atoms with Gasteiger partial charge in [-0.3, -0.25) is 9.59 Å². The number of rotatable bonds is 5. The molecule has 1 aliphatic rings. The molecule has 0 radical (unpaired) electrons. The van der Waals surface area contributed by atoms with Gasteiger partial charge in [0.2, 0.25) is 11.8 Å². The summed E-state index contributed by atoms with van der Waals surface area (Å²) in [6.07, 6.45) is 0.635. The van der Waals surface area contributed by atoms with Gasteiger partial charge in [-0.1, -0.05) is 0 Å².